The summed E-state index contributed by atoms with van der Waals surface area (Å²) in [5, 5.41) is 0.311. The quantitative estimate of drug-likeness (QED) is 0.567. The average molecular weight is 416 g/mol. The molecule has 1 aromatic heterocycles. The van der Waals surface area contributed by atoms with Gasteiger partial charge < -0.3 is 10.2 Å². The molecule has 130 valence electrons. The van der Waals surface area contributed by atoms with E-state index in [9.17, 15) is 22.4 Å². The fourth-order valence-corrected chi connectivity index (χ4v) is 3.39. The third kappa shape index (κ3) is 2.80. The number of primary amides is 1. The summed E-state index contributed by atoms with van der Waals surface area (Å²) >= 11 is 2.79. The molecular weight excluding hydrogens is 406 g/mol. The molecule has 3 rings (SSSR count). The molecule has 2 aromatic carbocycles. The predicted molar refractivity (Wildman–Crippen MR) is 87.6 cm³/mol. The van der Waals surface area contributed by atoms with Crippen LogP contribution in [0.25, 0.3) is 22.3 Å². The minimum Gasteiger partial charge on any atom is -0.455 e. The van der Waals surface area contributed by atoms with Gasteiger partial charge in [-0.1, -0.05) is 18.2 Å². The van der Waals surface area contributed by atoms with E-state index < -0.39 is 33.5 Å². The molecule has 8 heteroatoms. The molecule has 0 aliphatic carbocycles. The van der Waals surface area contributed by atoms with Gasteiger partial charge in [0.05, 0.1) is 16.7 Å². The molecule has 0 aliphatic rings. The molecule has 0 unspecified atom stereocenters. The van der Waals surface area contributed by atoms with E-state index in [0.29, 0.717) is 23.1 Å². The summed E-state index contributed by atoms with van der Waals surface area (Å²) in [5.74, 6) is -2.24. The summed E-state index contributed by atoms with van der Waals surface area (Å²) in [5.41, 5.74) is 4.51. The maximum Gasteiger partial charge on any atom is 0.417 e. The van der Waals surface area contributed by atoms with Gasteiger partial charge in [-0.25, -0.2) is 4.39 Å². The molecule has 2 N–H and O–H groups in total. The predicted octanol–water partition coefficient (Wildman–Crippen LogP) is 5.43. The van der Waals surface area contributed by atoms with Crippen LogP contribution in [0.5, 0.6) is 0 Å². The van der Waals surface area contributed by atoms with Crippen molar-refractivity contribution >= 4 is 32.8 Å². The molecule has 0 saturated carbocycles. The Morgan fingerprint density at radius 3 is 2.48 bits per heavy atom. The van der Waals surface area contributed by atoms with Crippen LogP contribution in [-0.2, 0) is 6.18 Å². The van der Waals surface area contributed by atoms with Gasteiger partial charge in [-0.3, -0.25) is 4.79 Å². The first-order valence-electron chi connectivity index (χ1n) is 7.00. The van der Waals surface area contributed by atoms with Crippen molar-refractivity contribution in [1.29, 1.82) is 0 Å². The van der Waals surface area contributed by atoms with Gasteiger partial charge in [-0.2, -0.15) is 13.2 Å². The van der Waals surface area contributed by atoms with Crippen molar-refractivity contribution in [3.8, 4) is 11.3 Å². The number of carbonyl (C=O) groups is 1. The summed E-state index contributed by atoms with van der Waals surface area (Å²) in [7, 11) is 0. The molecule has 1 heterocycles. The van der Waals surface area contributed by atoms with E-state index >= 15 is 0 Å². The summed E-state index contributed by atoms with van der Waals surface area (Å²) in [6, 6.07) is 6.15. The monoisotopic (exact) mass is 415 g/mol. The van der Waals surface area contributed by atoms with E-state index in [-0.39, 0.29) is 16.9 Å². The van der Waals surface area contributed by atoms with Gasteiger partial charge in [0.1, 0.15) is 11.4 Å². The maximum atomic E-state index is 14.4. The van der Waals surface area contributed by atoms with Crippen molar-refractivity contribution < 1.29 is 26.8 Å². The maximum absolute atomic E-state index is 14.4. The lowest BCUT2D eigenvalue weighted by Crippen LogP contribution is -2.12. The van der Waals surface area contributed by atoms with Crippen LogP contribution in [0.1, 0.15) is 21.5 Å². The summed E-state index contributed by atoms with van der Waals surface area (Å²) < 4.78 is 58.8. The minimum absolute atomic E-state index is 0.169. The lowest BCUT2D eigenvalue weighted by molar-refractivity contribution is -0.138. The van der Waals surface area contributed by atoms with E-state index in [0.717, 1.165) is 0 Å². The van der Waals surface area contributed by atoms with Crippen molar-refractivity contribution in [3.63, 3.8) is 0 Å². The highest BCUT2D eigenvalue weighted by atomic mass is 79.9. The van der Waals surface area contributed by atoms with Gasteiger partial charge >= 0.3 is 6.18 Å². The first-order valence-corrected chi connectivity index (χ1v) is 7.79. The van der Waals surface area contributed by atoms with E-state index in [2.05, 4.69) is 15.9 Å². The number of para-hydroxylation sites is 1. The molecule has 25 heavy (non-hydrogen) atoms. The van der Waals surface area contributed by atoms with Crippen LogP contribution in [0.15, 0.2) is 39.2 Å². The lowest BCUT2D eigenvalue weighted by atomic mass is 10.0. The largest absolute Gasteiger partial charge is 0.455 e. The number of benzene rings is 2. The van der Waals surface area contributed by atoms with Crippen LogP contribution in [0.2, 0.25) is 0 Å². The van der Waals surface area contributed by atoms with E-state index in [1.165, 1.54) is 6.07 Å². The van der Waals surface area contributed by atoms with Crippen molar-refractivity contribution in [2.75, 3.05) is 0 Å². The van der Waals surface area contributed by atoms with Crippen LogP contribution < -0.4 is 5.73 Å². The normalized spacial score (nSPS) is 11.9. The van der Waals surface area contributed by atoms with Gasteiger partial charge in [-0.15, -0.1) is 0 Å². The molecule has 0 atom stereocenters. The zero-order chi connectivity index (χ0) is 18.5. The Kier molecular flexibility index (Phi) is 4.10. The number of alkyl halides is 3. The number of furan rings is 1. The second-order valence-electron chi connectivity index (χ2n) is 5.40. The summed E-state index contributed by atoms with van der Waals surface area (Å²) in [6.07, 6.45) is -4.71. The van der Waals surface area contributed by atoms with Gasteiger partial charge in [0.25, 0.3) is 5.91 Å². The molecule has 0 aliphatic heterocycles. The second kappa shape index (κ2) is 5.87. The highest BCUT2D eigenvalue weighted by Gasteiger charge is 2.36. The Morgan fingerprint density at radius 1 is 1.20 bits per heavy atom. The number of fused-ring (bicyclic) bond motifs is 1. The van der Waals surface area contributed by atoms with Crippen molar-refractivity contribution in [1.82, 2.24) is 0 Å². The van der Waals surface area contributed by atoms with E-state index in [1.807, 2.05) is 0 Å². The first kappa shape index (κ1) is 17.5. The molecular formula is C17H10BrF4NO2. The third-order valence-corrected chi connectivity index (χ3v) is 4.61. The fourth-order valence-electron chi connectivity index (χ4n) is 2.66. The Balaban J connectivity index is 2.44. The molecule has 0 saturated heterocycles. The van der Waals surface area contributed by atoms with Crippen molar-refractivity contribution in [3.05, 3.63) is 57.3 Å². The van der Waals surface area contributed by atoms with Crippen molar-refractivity contribution in [2.24, 2.45) is 5.73 Å². The van der Waals surface area contributed by atoms with Crippen LogP contribution in [0.3, 0.4) is 0 Å². The van der Waals surface area contributed by atoms with E-state index in [1.54, 1.807) is 19.1 Å². The van der Waals surface area contributed by atoms with Crippen LogP contribution >= 0.6 is 15.9 Å². The number of amides is 1. The molecule has 1 amide bonds. The van der Waals surface area contributed by atoms with Gasteiger partial charge in [0.2, 0.25) is 0 Å². The number of rotatable bonds is 2. The van der Waals surface area contributed by atoms with Crippen LogP contribution in [-0.4, -0.2) is 5.91 Å². The minimum atomic E-state index is -4.71. The molecule has 0 spiro atoms. The number of hydrogen-bond donors (Lipinski definition) is 1. The highest BCUT2D eigenvalue weighted by Crippen LogP contribution is 2.44. The molecule has 0 bridgehead atoms. The SMILES string of the molecule is Cc1cccc2c(C(N)=O)c(-c3c(F)ccc(C(F)(F)F)c3Br)oc12. The molecule has 0 radical (unpaired) electrons. The number of nitrogens with two attached hydrogens (primary N) is 1. The topological polar surface area (TPSA) is 56.2 Å². The van der Waals surface area contributed by atoms with Gasteiger partial charge in [0, 0.05) is 9.86 Å². The Hall–Kier alpha value is -2.35. The zero-order valence-electron chi connectivity index (χ0n) is 12.7. The first-order chi connectivity index (χ1) is 11.6. The van der Waals surface area contributed by atoms with Gasteiger partial charge in [-0.05, 0) is 40.5 Å². The van der Waals surface area contributed by atoms with Crippen LogP contribution in [0.4, 0.5) is 17.6 Å². The second-order valence-corrected chi connectivity index (χ2v) is 6.20. The Bertz CT molecular complexity index is 1010. The Labute approximate surface area is 147 Å². The average Bonchev–Trinajstić information content (AvgIpc) is 2.86. The summed E-state index contributed by atoms with van der Waals surface area (Å²) in [6.45, 7) is 1.69. The lowest BCUT2D eigenvalue weighted by Gasteiger charge is -2.13. The Morgan fingerprint density at radius 2 is 1.88 bits per heavy atom. The fraction of sp³-hybridized carbons (Fsp3) is 0.118. The number of aryl methyl sites for hydroxylation is 1. The van der Waals surface area contributed by atoms with E-state index in [4.69, 9.17) is 10.2 Å². The van der Waals surface area contributed by atoms with Crippen molar-refractivity contribution in [2.45, 2.75) is 13.1 Å². The summed E-state index contributed by atoms with van der Waals surface area (Å²) in [4.78, 5) is 11.9. The number of carbonyl (C=O) groups excluding carboxylic acids is 1. The number of hydrogen-bond acceptors (Lipinski definition) is 2. The molecule has 3 nitrogen and oxygen atoms in total. The number of halogens is 5. The molecule has 3 aromatic rings. The van der Waals surface area contributed by atoms with Gasteiger partial charge in [0.15, 0.2) is 5.76 Å². The molecule has 0 fully saturated rings. The zero-order valence-corrected chi connectivity index (χ0v) is 14.3. The smallest absolute Gasteiger partial charge is 0.417 e. The standard InChI is InChI=1S/C17H10BrF4NO2/c1-7-3-2-4-8-11(16(23)24)15(25-14(7)8)12-10(19)6-5-9(13(12)18)17(20,21)22/h2-6H,1H3,(H2,23,24). The third-order valence-electron chi connectivity index (χ3n) is 3.78. The highest BCUT2D eigenvalue weighted by molar-refractivity contribution is 9.10. The van der Waals surface area contributed by atoms with Crippen LogP contribution in [0, 0.1) is 12.7 Å².